The van der Waals surface area contributed by atoms with Crippen LogP contribution in [0.1, 0.15) is 182 Å². The summed E-state index contributed by atoms with van der Waals surface area (Å²) in [5.74, 6) is 4.17. The molecule has 16 nitrogen and oxygen atoms in total. The van der Waals surface area contributed by atoms with Crippen LogP contribution in [0.4, 0.5) is 4.79 Å². The minimum absolute atomic E-state index is 0.0207. The van der Waals surface area contributed by atoms with Gasteiger partial charge in [0.1, 0.15) is 12.1 Å². The second-order valence-corrected chi connectivity index (χ2v) is 28.3. The van der Waals surface area contributed by atoms with Gasteiger partial charge >= 0.3 is 6.09 Å². The Kier molecular flexibility index (Phi) is 16.8. The number of carbonyl (C=O) groups is 6. The lowest BCUT2D eigenvalue weighted by Gasteiger charge is -2.35. The van der Waals surface area contributed by atoms with E-state index in [-0.39, 0.29) is 30.1 Å². The van der Waals surface area contributed by atoms with Crippen LogP contribution in [0.2, 0.25) is 0 Å². The van der Waals surface area contributed by atoms with Gasteiger partial charge in [-0.25, -0.2) is 4.79 Å². The first-order valence-corrected chi connectivity index (χ1v) is 33.4. The topological polar surface area (TPSA) is 170 Å². The molecule has 0 N–H and O–H groups in total. The van der Waals surface area contributed by atoms with Crippen LogP contribution < -0.4 is 0 Å². The number of carbonyl (C=O) groups excluding carboxylic acids is 6. The monoisotopic (exact) mass is 1240 g/mol. The summed E-state index contributed by atoms with van der Waals surface area (Å²) in [6, 6.07) is 25.2. The molecular formula is C76H89N9O7. The van der Waals surface area contributed by atoms with Gasteiger partial charge in [-0.3, -0.25) is 43.8 Å². The van der Waals surface area contributed by atoms with Gasteiger partial charge in [0, 0.05) is 111 Å². The van der Waals surface area contributed by atoms with E-state index in [1.807, 2.05) is 84.4 Å². The third-order valence-corrected chi connectivity index (χ3v) is 23.3. The highest BCUT2D eigenvalue weighted by Gasteiger charge is 2.50. The number of aromatic nitrogens is 3. The molecule has 12 atom stereocenters. The van der Waals surface area contributed by atoms with E-state index in [1.54, 1.807) is 18.1 Å². The zero-order valence-corrected chi connectivity index (χ0v) is 55.7. The lowest BCUT2D eigenvalue weighted by Crippen LogP contribution is -2.38. The Morgan fingerprint density at radius 3 is 1.34 bits per heavy atom. The van der Waals surface area contributed by atoms with Crippen LogP contribution in [0.5, 0.6) is 0 Å². The summed E-state index contributed by atoms with van der Waals surface area (Å²) in [7, 11) is 11.4. The van der Waals surface area contributed by atoms with E-state index in [0.717, 1.165) is 75.6 Å². The average molecular weight is 1240 g/mol. The van der Waals surface area contributed by atoms with Crippen molar-refractivity contribution in [2.45, 2.75) is 167 Å². The molecule has 0 saturated carbocycles. The lowest BCUT2D eigenvalue weighted by atomic mass is 9.79. The minimum Gasteiger partial charge on any atom is -0.443 e. The van der Waals surface area contributed by atoms with Gasteiger partial charge < -0.3 is 29.2 Å². The van der Waals surface area contributed by atoms with Crippen LogP contribution in [-0.4, -0.2) is 128 Å². The number of pyridine rings is 3. The van der Waals surface area contributed by atoms with Crippen molar-refractivity contribution in [2.75, 3.05) is 42.3 Å². The van der Waals surface area contributed by atoms with Crippen molar-refractivity contribution in [1.29, 1.82) is 0 Å². The molecule has 18 rings (SSSR count). The fraction of sp³-hybridized carbons (Fsp3) is 0.487. The summed E-state index contributed by atoms with van der Waals surface area (Å²) >= 11 is 0. The number of likely N-dealkylation sites (tertiary alicyclic amines) is 5. The smallest absolute Gasteiger partial charge is 0.410 e. The first-order valence-electron chi connectivity index (χ1n) is 33.4. The molecule has 92 heavy (non-hydrogen) atoms. The Hall–Kier alpha value is -8.27. The van der Waals surface area contributed by atoms with Crippen LogP contribution in [0, 0.1) is 71.1 Å². The molecule has 12 unspecified atom stereocenters. The van der Waals surface area contributed by atoms with Gasteiger partial charge in [-0.15, -0.1) is 0 Å². The number of fused-ring (bicyclic) bond motifs is 18. The van der Waals surface area contributed by atoms with Gasteiger partial charge in [0.2, 0.25) is 29.5 Å². The SMILES string of the molecule is Cc1cccc2c1CC1CC(=O)N(C)C21.Cc1cccc2c1CC1CCC(=O)N(C)C21.Cc1cccc2c1CCC1CC(=O)N(C)C21.Cc1ccnc2c1CC1OC(=O)N(C)C21.Cc1cncc2c1CC1CC(=O)N(C)C21.Cc1nccc2c1CC1CC(=O)N(C)C21. The summed E-state index contributed by atoms with van der Waals surface area (Å²) < 4.78 is 5.28. The van der Waals surface area contributed by atoms with Crippen molar-refractivity contribution in [3.8, 4) is 0 Å². The molecule has 0 radical (unpaired) electrons. The van der Waals surface area contributed by atoms with Crippen molar-refractivity contribution in [3.63, 3.8) is 0 Å². The molecule has 12 aliphatic rings. The van der Waals surface area contributed by atoms with Crippen molar-refractivity contribution in [3.05, 3.63) is 192 Å². The summed E-state index contributed by atoms with van der Waals surface area (Å²) in [4.78, 5) is 93.9. The molecule has 6 aliphatic carbocycles. The van der Waals surface area contributed by atoms with E-state index in [2.05, 4.69) is 117 Å². The quantitative estimate of drug-likeness (QED) is 0.143. The molecule has 6 saturated heterocycles. The maximum Gasteiger partial charge on any atom is 0.410 e. The lowest BCUT2D eigenvalue weighted by molar-refractivity contribution is -0.136. The zero-order valence-electron chi connectivity index (χ0n) is 55.7. The Morgan fingerprint density at radius 1 is 0.359 bits per heavy atom. The van der Waals surface area contributed by atoms with E-state index >= 15 is 0 Å². The van der Waals surface area contributed by atoms with E-state index in [0.29, 0.717) is 90.4 Å². The van der Waals surface area contributed by atoms with Crippen LogP contribution in [0.3, 0.4) is 0 Å². The van der Waals surface area contributed by atoms with Crippen molar-refractivity contribution >= 4 is 35.6 Å². The first-order chi connectivity index (χ1) is 44.1. The largest absolute Gasteiger partial charge is 0.443 e. The first kappa shape index (κ1) is 62.5. The van der Waals surface area contributed by atoms with Crippen LogP contribution in [0.25, 0.3) is 0 Å². The van der Waals surface area contributed by atoms with E-state index in [4.69, 9.17) is 4.74 Å². The van der Waals surface area contributed by atoms with Crippen LogP contribution in [0.15, 0.2) is 91.5 Å². The second-order valence-electron chi connectivity index (χ2n) is 28.3. The van der Waals surface area contributed by atoms with E-state index in [9.17, 15) is 28.8 Å². The summed E-state index contributed by atoms with van der Waals surface area (Å²) in [5.41, 5.74) is 24.0. The van der Waals surface area contributed by atoms with Crippen molar-refractivity contribution in [2.24, 2.45) is 29.6 Å². The predicted octanol–water partition coefficient (Wildman–Crippen LogP) is 11.4. The summed E-state index contributed by atoms with van der Waals surface area (Å²) in [6.07, 6.45) is 19.3. The standard InChI is InChI=1S/2C14H17NO.C13H15NO.2C12H14N2O.C11H12N2O2/c1-9-4-3-5-12-11(9)7-6-10-8-13(16)15(2)14(10)12;1-9-4-3-5-11-12(9)8-10-6-7-13(16)15(2)14(10)11;1-8-4-3-5-10-11(8)6-9-7-12(15)14(2)13(9)10;1-7-5-13-6-10-9(7)3-8-4-11(15)14(2)12(8)10;1-7-10-5-8-6-11(15)14(2)12(8)9(10)3-4-13-7;1-6-3-4-12-9-7(6)5-8-10(9)13(2)11(14)15-8/h2*3-5,10,14H,6-8H2,1-2H3;3-5,9,13H,6-7H2,1-2H3;5-6,8,12H,3-4H2,1-2H3;3-4,8,12H,5-6H2,1-2H3;3-4,8,10H,5H2,1-2H3. The van der Waals surface area contributed by atoms with E-state index in [1.165, 1.54) is 95.4 Å². The molecule has 3 aromatic carbocycles. The van der Waals surface area contributed by atoms with Gasteiger partial charge in [0.25, 0.3) is 0 Å². The fourth-order valence-electron chi connectivity index (χ4n) is 18.3. The highest BCUT2D eigenvalue weighted by molar-refractivity contribution is 5.82. The number of hydrogen-bond donors (Lipinski definition) is 0. The number of piperidine rings is 1. The molecule has 16 heteroatoms. The highest BCUT2D eigenvalue weighted by Crippen LogP contribution is 2.51. The zero-order chi connectivity index (χ0) is 64.9. The number of nitrogens with zero attached hydrogens (tertiary/aromatic N) is 9. The maximum absolute atomic E-state index is 11.8. The maximum atomic E-state index is 11.8. The third-order valence-electron chi connectivity index (χ3n) is 23.3. The number of aryl methyl sites for hydroxylation is 6. The second kappa shape index (κ2) is 24.6. The average Bonchev–Trinajstić information content (AvgIpc) is 1.63. The van der Waals surface area contributed by atoms with Gasteiger partial charge in [-0.2, -0.15) is 0 Å². The van der Waals surface area contributed by atoms with Crippen LogP contribution in [-0.2, 0) is 67.2 Å². The van der Waals surface area contributed by atoms with Crippen molar-refractivity contribution < 1.29 is 33.5 Å². The van der Waals surface area contributed by atoms with E-state index < -0.39 is 0 Å². The number of amides is 6. The molecule has 9 heterocycles. The predicted molar refractivity (Wildman–Crippen MR) is 351 cm³/mol. The molecule has 0 bridgehead atoms. The molecule has 6 aromatic rings. The molecule has 6 amide bonds. The third kappa shape index (κ3) is 10.8. The molecule has 6 fully saturated rings. The Balaban J connectivity index is 0.000000101. The van der Waals surface area contributed by atoms with Crippen molar-refractivity contribution in [1.82, 2.24) is 44.4 Å². The molecule has 0 spiro atoms. The highest BCUT2D eigenvalue weighted by atomic mass is 16.6. The molecule has 6 aliphatic heterocycles. The normalized spacial score (nSPS) is 28.0. The molecule has 3 aromatic heterocycles. The Bertz CT molecular complexity index is 3640. The van der Waals surface area contributed by atoms with Gasteiger partial charge in [-0.05, 0) is 217 Å². The van der Waals surface area contributed by atoms with Gasteiger partial charge in [0.15, 0.2) is 0 Å². The minimum atomic E-state index is -0.237. The van der Waals surface area contributed by atoms with Gasteiger partial charge in [-0.1, -0.05) is 54.6 Å². The molecule has 480 valence electrons. The summed E-state index contributed by atoms with van der Waals surface area (Å²) in [5, 5.41) is 0. The van der Waals surface area contributed by atoms with Gasteiger partial charge in [0.05, 0.1) is 35.9 Å². The number of rotatable bonds is 0. The summed E-state index contributed by atoms with van der Waals surface area (Å²) in [6.45, 7) is 12.8. The molecular weight excluding hydrogens is 1150 g/mol. The Morgan fingerprint density at radius 2 is 0.772 bits per heavy atom. The number of ether oxygens (including phenoxy) is 1. The fourth-order valence-corrected chi connectivity index (χ4v) is 18.3. The van der Waals surface area contributed by atoms with Crippen LogP contribution >= 0.6 is 0 Å². The number of benzene rings is 3. The Labute approximate surface area is 542 Å². The number of hydrogen-bond acceptors (Lipinski definition) is 10. The number of likely N-dealkylation sites (N-methyl/N-ethyl adjacent to an activating group) is 1.